The number of rotatable bonds is 2. The van der Waals surface area contributed by atoms with Crippen molar-refractivity contribution in [2.24, 2.45) is 11.8 Å². The van der Waals surface area contributed by atoms with E-state index < -0.39 is 0 Å². The van der Waals surface area contributed by atoms with Gasteiger partial charge in [-0.25, -0.2) is 0 Å². The Kier molecular flexibility index (Phi) is 4.29. The van der Waals surface area contributed by atoms with Crippen LogP contribution in [0, 0.1) is 11.8 Å². The molecule has 21 heavy (non-hydrogen) atoms. The number of hydrogen-bond acceptors (Lipinski definition) is 2. The minimum absolute atomic E-state index is 0.0556. The predicted molar refractivity (Wildman–Crippen MR) is 86.3 cm³/mol. The molecular formula is C18H26N2O. The molecule has 2 aliphatic rings. The summed E-state index contributed by atoms with van der Waals surface area (Å²) in [5, 5.41) is 6.71. The molecule has 0 bridgehead atoms. The number of carbonyl (C=O) groups is 1. The molecule has 0 aromatic heterocycles. The van der Waals surface area contributed by atoms with E-state index in [4.69, 9.17) is 0 Å². The van der Waals surface area contributed by atoms with Crippen molar-refractivity contribution >= 4 is 11.6 Å². The van der Waals surface area contributed by atoms with Gasteiger partial charge in [0.1, 0.15) is 0 Å². The lowest BCUT2D eigenvalue weighted by molar-refractivity contribution is -0.118. The van der Waals surface area contributed by atoms with Crippen LogP contribution in [0.2, 0.25) is 0 Å². The van der Waals surface area contributed by atoms with Gasteiger partial charge in [-0.3, -0.25) is 4.79 Å². The van der Waals surface area contributed by atoms with E-state index in [1.165, 1.54) is 24.8 Å². The molecule has 0 radical (unpaired) electrons. The third kappa shape index (κ3) is 3.46. The van der Waals surface area contributed by atoms with Crippen LogP contribution in [0.15, 0.2) is 24.3 Å². The Labute approximate surface area is 127 Å². The molecule has 2 N–H and O–H groups in total. The number of hydrogen-bond donors (Lipinski definition) is 2. The Morgan fingerprint density at radius 3 is 2.57 bits per heavy atom. The van der Waals surface area contributed by atoms with Gasteiger partial charge >= 0.3 is 0 Å². The Morgan fingerprint density at radius 2 is 1.81 bits per heavy atom. The van der Waals surface area contributed by atoms with Gasteiger partial charge < -0.3 is 10.6 Å². The van der Waals surface area contributed by atoms with E-state index in [-0.39, 0.29) is 11.9 Å². The van der Waals surface area contributed by atoms with E-state index in [2.05, 4.69) is 30.5 Å². The fourth-order valence-corrected chi connectivity index (χ4v) is 4.04. The highest BCUT2D eigenvalue weighted by molar-refractivity contribution is 5.96. The average Bonchev–Trinajstić information content (AvgIpc) is 2.58. The van der Waals surface area contributed by atoms with Crippen molar-refractivity contribution < 1.29 is 4.79 Å². The Morgan fingerprint density at radius 1 is 1.10 bits per heavy atom. The molecule has 1 saturated carbocycles. The summed E-state index contributed by atoms with van der Waals surface area (Å²) in [6.45, 7) is 4.65. The van der Waals surface area contributed by atoms with Gasteiger partial charge in [-0.2, -0.15) is 0 Å². The van der Waals surface area contributed by atoms with E-state index >= 15 is 0 Å². The molecule has 3 unspecified atom stereocenters. The number of aryl methyl sites for hydroxylation is 1. The van der Waals surface area contributed by atoms with Crippen LogP contribution in [0.1, 0.15) is 45.1 Å². The number of para-hydroxylation sites is 1. The average molecular weight is 286 g/mol. The minimum Gasteiger partial charge on any atom is -0.324 e. The van der Waals surface area contributed by atoms with E-state index in [0.29, 0.717) is 6.04 Å². The maximum absolute atomic E-state index is 12.4. The molecule has 3 heteroatoms. The molecule has 114 valence electrons. The zero-order valence-electron chi connectivity index (χ0n) is 13.1. The first-order chi connectivity index (χ1) is 10.1. The van der Waals surface area contributed by atoms with Crippen LogP contribution in [0.3, 0.4) is 0 Å². The summed E-state index contributed by atoms with van der Waals surface area (Å²) in [4.78, 5) is 12.4. The summed E-state index contributed by atoms with van der Waals surface area (Å²) in [5.41, 5.74) is 2.23. The molecule has 0 saturated heterocycles. The summed E-state index contributed by atoms with van der Waals surface area (Å²) in [7, 11) is 0. The largest absolute Gasteiger partial charge is 0.324 e. The van der Waals surface area contributed by atoms with Gasteiger partial charge in [0, 0.05) is 11.7 Å². The molecule has 1 aromatic rings. The van der Waals surface area contributed by atoms with Gasteiger partial charge in [0.25, 0.3) is 0 Å². The van der Waals surface area contributed by atoms with Crippen molar-refractivity contribution in [3.63, 3.8) is 0 Å². The molecule has 3 atom stereocenters. The van der Waals surface area contributed by atoms with Crippen molar-refractivity contribution in [3.05, 3.63) is 29.8 Å². The summed E-state index contributed by atoms with van der Waals surface area (Å²) in [5.74, 6) is 1.65. The van der Waals surface area contributed by atoms with E-state index in [1.54, 1.807) is 0 Å². The molecule has 0 spiro atoms. The number of amides is 1. The van der Waals surface area contributed by atoms with E-state index in [9.17, 15) is 4.79 Å². The molecular weight excluding hydrogens is 260 g/mol. The SMILES string of the molecule is CC1CC(C)CC(NC2CCc3ccccc3NC2=O)C1. The number of fused-ring (bicyclic) bond motifs is 1. The Hall–Kier alpha value is -1.35. The van der Waals surface area contributed by atoms with Gasteiger partial charge in [0.05, 0.1) is 6.04 Å². The van der Waals surface area contributed by atoms with E-state index in [1.807, 2.05) is 18.2 Å². The van der Waals surface area contributed by atoms with Crippen LogP contribution in [0.5, 0.6) is 0 Å². The number of anilines is 1. The van der Waals surface area contributed by atoms with Gasteiger partial charge in [-0.05, 0) is 55.6 Å². The van der Waals surface area contributed by atoms with Crippen LogP contribution >= 0.6 is 0 Å². The Bertz CT molecular complexity index is 504. The van der Waals surface area contributed by atoms with Gasteiger partial charge in [-0.1, -0.05) is 32.0 Å². The van der Waals surface area contributed by atoms with Crippen molar-refractivity contribution in [1.29, 1.82) is 0 Å². The van der Waals surface area contributed by atoms with Crippen LogP contribution < -0.4 is 10.6 Å². The number of carbonyl (C=O) groups excluding carboxylic acids is 1. The smallest absolute Gasteiger partial charge is 0.241 e. The molecule has 3 nitrogen and oxygen atoms in total. The van der Waals surface area contributed by atoms with Crippen LogP contribution in [0.25, 0.3) is 0 Å². The fraction of sp³-hybridized carbons (Fsp3) is 0.611. The topological polar surface area (TPSA) is 41.1 Å². The van der Waals surface area contributed by atoms with Crippen molar-refractivity contribution in [3.8, 4) is 0 Å². The third-order valence-electron chi connectivity index (χ3n) is 4.91. The predicted octanol–water partition coefficient (Wildman–Crippen LogP) is 3.35. The van der Waals surface area contributed by atoms with Crippen LogP contribution in [-0.2, 0) is 11.2 Å². The third-order valence-corrected chi connectivity index (χ3v) is 4.91. The molecule has 1 heterocycles. The second-order valence-corrected chi connectivity index (χ2v) is 7.02. The molecule has 1 aliphatic carbocycles. The molecule has 1 amide bonds. The highest BCUT2D eigenvalue weighted by Gasteiger charge is 2.29. The molecule has 1 aromatic carbocycles. The zero-order valence-corrected chi connectivity index (χ0v) is 13.1. The van der Waals surface area contributed by atoms with E-state index in [0.717, 1.165) is 30.4 Å². The Balaban J connectivity index is 1.66. The second kappa shape index (κ2) is 6.18. The highest BCUT2D eigenvalue weighted by Crippen LogP contribution is 2.29. The second-order valence-electron chi connectivity index (χ2n) is 7.02. The number of nitrogens with one attached hydrogen (secondary N) is 2. The van der Waals surface area contributed by atoms with Gasteiger partial charge in [-0.15, -0.1) is 0 Å². The maximum Gasteiger partial charge on any atom is 0.241 e. The van der Waals surface area contributed by atoms with Crippen LogP contribution in [0.4, 0.5) is 5.69 Å². The first kappa shape index (κ1) is 14.6. The summed E-state index contributed by atoms with van der Waals surface area (Å²) >= 11 is 0. The fourth-order valence-electron chi connectivity index (χ4n) is 4.04. The lowest BCUT2D eigenvalue weighted by atomic mass is 9.80. The lowest BCUT2D eigenvalue weighted by Gasteiger charge is -2.34. The van der Waals surface area contributed by atoms with Crippen molar-refractivity contribution in [1.82, 2.24) is 5.32 Å². The molecule has 1 fully saturated rings. The van der Waals surface area contributed by atoms with Crippen molar-refractivity contribution in [2.45, 2.75) is 58.0 Å². The highest BCUT2D eigenvalue weighted by atomic mass is 16.2. The number of benzene rings is 1. The van der Waals surface area contributed by atoms with Gasteiger partial charge in [0.2, 0.25) is 5.91 Å². The first-order valence-corrected chi connectivity index (χ1v) is 8.26. The van der Waals surface area contributed by atoms with Crippen molar-refractivity contribution in [2.75, 3.05) is 5.32 Å². The van der Waals surface area contributed by atoms with Gasteiger partial charge in [0.15, 0.2) is 0 Å². The molecule has 1 aliphatic heterocycles. The monoisotopic (exact) mass is 286 g/mol. The summed E-state index contributed by atoms with van der Waals surface area (Å²) in [6, 6.07) is 8.57. The quantitative estimate of drug-likeness (QED) is 0.875. The van der Waals surface area contributed by atoms with Crippen LogP contribution in [-0.4, -0.2) is 18.0 Å². The summed E-state index contributed by atoms with van der Waals surface area (Å²) in [6.07, 6.45) is 5.56. The lowest BCUT2D eigenvalue weighted by Crippen LogP contribution is -2.47. The first-order valence-electron chi connectivity index (χ1n) is 8.26. The minimum atomic E-state index is -0.0556. The summed E-state index contributed by atoms with van der Waals surface area (Å²) < 4.78 is 0. The maximum atomic E-state index is 12.4. The normalized spacial score (nSPS) is 33.0. The standard InChI is InChI=1S/C18H26N2O/c1-12-9-13(2)11-15(10-12)19-17-8-7-14-5-3-4-6-16(14)20-18(17)21/h3-6,12-13,15,17,19H,7-11H2,1-2H3,(H,20,21). The molecule has 3 rings (SSSR count). The zero-order chi connectivity index (χ0) is 14.8.